The van der Waals surface area contributed by atoms with Crippen molar-refractivity contribution in [1.82, 2.24) is 5.32 Å². The Morgan fingerprint density at radius 3 is 2.86 bits per heavy atom. The quantitative estimate of drug-likeness (QED) is 0.796. The third kappa shape index (κ3) is 3.56. The monoisotopic (exact) mass is 273 g/mol. The van der Waals surface area contributed by atoms with Gasteiger partial charge in [-0.05, 0) is 41.9 Å². The van der Waals surface area contributed by atoms with Gasteiger partial charge in [-0.3, -0.25) is 0 Å². The number of hydrogen-bond donors (Lipinski definition) is 1. The van der Waals surface area contributed by atoms with Gasteiger partial charge in [-0.25, -0.2) is 0 Å². The highest BCUT2D eigenvalue weighted by Crippen LogP contribution is 2.28. The molecule has 0 aliphatic rings. The van der Waals surface area contributed by atoms with Crippen LogP contribution in [0.2, 0.25) is 0 Å². The van der Waals surface area contributed by atoms with Crippen molar-refractivity contribution in [3.8, 4) is 0 Å². The van der Waals surface area contributed by atoms with Crippen molar-refractivity contribution in [1.29, 1.82) is 0 Å². The lowest BCUT2D eigenvalue weighted by atomic mass is 10.1. The second kappa shape index (κ2) is 5.69. The maximum absolute atomic E-state index is 3.96. The lowest BCUT2D eigenvalue weighted by molar-refractivity contribution is 0.556. The highest BCUT2D eigenvalue weighted by Gasteiger charge is 2.12. The highest BCUT2D eigenvalue weighted by molar-refractivity contribution is 9.10. The van der Waals surface area contributed by atoms with Gasteiger partial charge in [0, 0.05) is 20.8 Å². The van der Waals surface area contributed by atoms with E-state index in [1.165, 1.54) is 14.9 Å². The van der Waals surface area contributed by atoms with Crippen molar-refractivity contribution >= 4 is 27.3 Å². The molecule has 0 fully saturated rings. The van der Waals surface area contributed by atoms with Crippen LogP contribution in [0.15, 0.2) is 28.1 Å². The van der Waals surface area contributed by atoms with Crippen LogP contribution in [0.4, 0.5) is 0 Å². The summed E-state index contributed by atoms with van der Waals surface area (Å²) in [5, 5.41) is 5.60. The van der Waals surface area contributed by atoms with E-state index in [9.17, 15) is 0 Å². The van der Waals surface area contributed by atoms with Crippen molar-refractivity contribution in [2.24, 2.45) is 0 Å². The summed E-state index contributed by atoms with van der Waals surface area (Å²) in [5.41, 5.74) is 1.22. The van der Waals surface area contributed by atoms with Gasteiger partial charge in [-0.15, -0.1) is 17.9 Å². The van der Waals surface area contributed by atoms with Crippen LogP contribution in [-0.4, -0.2) is 6.54 Å². The maximum atomic E-state index is 3.96. The van der Waals surface area contributed by atoms with Gasteiger partial charge in [-0.1, -0.05) is 12.5 Å². The van der Waals surface area contributed by atoms with Gasteiger partial charge in [0.05, 0.1) is 0 Å². The first-order valence-corrected chi connectivity index (χ1v) is 6.42. The predicted octanol–water partition coefficient (Wildman–Crippen LogP) is 4.13. The summed E-state index contributed by atoms with van der Waals surface area (Å²) in [7, 11) is 0. The molecular formula is C11H16BrNS. The van der Waals surface area contributed by atoms with Crippen LogP contribution in [-0.2, 0) is 0 Å². The fourth-order valence-electron chi connectivity index (χ4n) is 1.38. The predicted molar refractivity (Wildman–Crippen MR) is 67.9 cm³/mol. The molecule has 1 atom stereocenters. The van der Waals surface area contributed by atoms with E-state index in [0.717, 1.165) is 13.0 Å². The molecule has 14 heavy (non-hydrogen) atoms. The molecule has 0 saturated carbocycles. The van der Waals surface area contributed by atoms with E-state index < -0.39 is 0 Å². The Labute approximate surface area is 98.4 Å². The Hall–Kier alpha value is -0.120. The molecule has 0 aliphatic carbocycles. The number of thiophene rings is 1. The average molecular weight is 274 g/mol. The van der Waals surface area contributed by atoms with E-state index in [0.29, 0.717) is 6.04 Å². The van der Waals surface area contributed by atoms with E-state index >= 15 is 0 Å². The Balaban J connectivity index is 2.71. The van der Waals surface area contributed by atoms with Crippen molar-refractivity contribution in [3.05, 3.63) is 32.9 Å². The van der Waals surface area contributed by atoms with Crippen LogP contribution in [0, 0.1) is 0 Å². The van der Waals surface area contributed by atoms with Crippen molar-refractivity contribution in [2.75, 3.05) is 6.54 Å². The van der Waals surface area contributed by atoms with Crippen molar-refractivity contribution in [2.45, 2.75) is 26.3 Å². The topological polar surface area (TPSA) is 12.0 Å². The number of halogens is 1. The number of hydrogen-bond acceptors (Lipinski definition) is 2. The van der Waals surface area contributed by atoms with Gasteiger partial charge in [-0.2, -0.15) is 0 Å². The minimum Gasteiger partial charge on any atom is -0.309 e. The summed E-state index contributed by atoms with van der Waals surface area (Å²) in [6.45, 7) is 9.17. The molecule has 1 aromatic heterocycles. The van der Waals surface area contributed by atoms with Crippen LogP contribution < -0.4 is 5.32 Å². The largest absolute Gasteiger partial charge is 0.309 e. The van der Waals surface area contributed by atoms with Crippen LogP contribution >= 0.6 is 27.3 Å². The second-order valence-electron chi connectivity index (χ2n) is 3.44. The molecule has 1 rings (SSSR count). The van der Waals surface area contributed by atoms with E-state index in [1.54, 1.807) is 11.3 Å². The van der Waals surface area contributed by atoms with Gasteiger partial charge in [0.25, 0.3) is 0 Å². The van der Waals surface area contributed by atoms with E-state index in [4.69, 9.17) is 0 Å². The fraction of sp³-hybridized carbons (Fsp3) is 0.455. The van der Waals surface area contributed by atoms with Gasteiger partial charge < -0.3 is 5.32 Å². The number of rotatable bonds is 5. The van der Waals surface area contributed by atoms with Crippen LogP contribution in [0.25, 0.3) is 0 Å². The molecule has 0 bridgehead atoms. The van der Waals surface area contributed by atoms with E-state index in [-0.39, 0.29) is 0 Å². The summed E-state index contributed by atoms with van der Waals surface area (Å²) >= 11 is 5.27. The SMILES string of the molecule is C=C(C)CC(NCC)c1cc(Br)cs1. The molecule has 0 radical (unpaired) electrons. The Bertz CT molecular complexity index is 306. The van der Waals surface area contributed by atoms with Gasteiger partial charge in [0.15, 0.2) is 0 Å². The second-order valence-corrected chi connectivity index (χ2v) is 5.30. The molecule has 3 heteroatoms. The molecular weight excluding hydrogens is 258 g/mol. The zero-order chi connectivity index (χ0) is 10.6. The maximum Gasteiger partial charge on any atom is 0.0452 e. The van der Waals surface area contributed by atoms with E-state index in [2.05, 4.69) is 53.1 Å². The van der Waals surface area contributed by atoms with E-state index in [1.807, 2.05) is 0 Å². The Morgan fingerprint density at radius 1 is 1.71 bits per heavy atom. The highest BCUT2D eigenvalue weighted by atomic mass is 79.9. The molecule has 0 spiro atoms. The van der Waals surface area contributed by atoms with Gasteiger partial charge >= 0.3 is 0 Å². The molecule has 0 aliphatic heterocycles. The summed E-state index contributed by atoms with van der Waals surface area (Å²) in [6, 6.07) is 2.61. The zero-order valence-corrected chi connectivity index (χ0v) is 11.0. The van der Waals surface area contributed by atoms with Crippen LogP contribution in [0.3, 0.4) is 0 Å². The normalized spacial score (nSPS) is 12.8. The standard InChI is InChI=1S/C11H16BrNS/c1-4-13-10(5-8(2)3)11-6-9(12)7-14-11/h6-7,10,13H,2,4-5H2,1,3H3. The molecule has 1 aromatic rings. The lowest BCUT2D eigenvalue weighted by Crippen LogP contribution is -2.20. The first-order valence-electron chi connectivity index (χ1n) is 4.75. The summed E-state index contributed by atoms with van der Waals surface area (Å²) < 4.78 is 1.17. The zero-order valence-electron chi connectivity index (χ0n) is 8.64. The molecule has 0 saturated heterocycles. The molecule has 1 unspecified atom stereocenters. The molecule has 78 valence electrons. The summed E-state index contributed by atoms with van der Waals surface area (Å²) in [4.78, 5) is 1.38. The molecule has 1 heterocycles. The average Bonchev–Trinajstić information content (AvgIpc) is 2.50. The third-order valence-corrected chi connectivity index (χ3v) is 3.74. The Kier molecular flexibility index (Phi) is 4.85. The number of nitrogens with one attached hydrogen (secondary N) is 1. The van der Waals surface area contributed by atoms with Crippen LogP contribution in [0.1, 0.15) is 31.2 Å². The molecule has 0 amide bonds. The van der Waals surface area contributed by atoms with Crippen molar-refractivity contribution < 1.29 is 0 Å². The smallest absolute Gasteiger partial charge is 0.0452 e. The first-order chi connectivity index (χ1) is 6.63. The summed E-state index contributed by atoms with van der Waals surface area (Å²) in [6.07, 6.45) is 1.01. The van der Waals surface area contributed by atoms with Gasteiger partial charge in [0.2, 0.25) is 0 Å². The first kappa shape index (κ1) is 12.0. The van der Waals surface area contributed by atoms with Crippen molar-refractivity contribution in [3.63, 3.8) is 0 Å². The Morgan fingerprint density at radius 2 is 2.43 bits per heavy atom. The molecule has 0 aromatic carbocycles. The lowest BCUT2D eigenvalue weighted by Gasteiger charge is -2.15. The van der Waals surface area contributed by atoms with Crippen LogP contribution in [0.5, 0.6) is 0 Å². The molecule has 1 N–H and O–H groups in total. The minimum atomic E-state index is 0.425. The fourth-order valence-corrected chi connectivity index (χ4v) is 2.90. The summed E-state index contributed by atoms with van der Waals surface area (Å²) in [5.74, 6) is 0. The third-order valence-electron chi connectivity index (χ3n) is 1.93. The molecule has 1 nitrogen and oxygen atoms in total. The minimum absolute atomic E-state index is 0.425. The van der Waals surface area contributed by atoms with Gasteiger partial charge in [0.1, 0.15) is 0 Å².